The first kappa shape index (κ1) is 19.2. The van der Waals surface area contributed by atoms with Crippen molar-refractivity contribution < 1.29 is 4.79 Å². The van der Waals surface area contributed by atoms with Crippen LogP contribution in [0.5, 0.6) is 0 Å². The molecule has 2 heterocycles. The van der Waals surface area contributed by atoms with Gasteiger partial charge >= 0.3 is 0 Å². The molecular weight excluding hydrogens is 412 g/mol. The topological polar surface area (TPSA) is 106 Å². The number of nitrogens with zero attached hydrogens (tertiary/aromatic N) is 4. The Morgan fingerprint density at radius 1 is 1.17 bits per heavy atom. The van der Waals surface area contributed by atoms with Crippen LogP contribution in [-0.4, -0.2) is 30.9 Å². The van der Waals surface area contributed by atoms with Crippen LogP contribution in [0, 0.1) is 0 Å². The summed E-state index contributed by atoms with van der Waals surface area (Å²) in [6, 6.07) is 14.4. The fourth-order valence-electron chi connectivity index (χ4n) is 2.73. The molecular formula is C19H15ClN6O2S. The van der Waals surface area contributed by atoms with E-state index in [2.05, 4.69) is 25.6 Å². The Bertz CT molecular complexity index is 1250. The van der Waals surface area contributed by atoms with Crippen LogP contribution in [-0.2, 0) is 12.8 Å². The van der Waals surface area contributed by atoms with Crippen molar-refractivity contribution in [3.63, 3.8) is 0 Å². The average Bonchev–Trinajstić information content (AvgIpc) is 3.17. The fourth-order valence-corrected chi connectivity index (χ4v) is 3.61. The standard InChI is InChI=1S/C19H15ClN6O2S/c1-26-17(28)14-5-3-2-4-13(14)15(25-26)16(27)21-18-22-19(24-23-18)29-10-11-6-8-12(20)9-7-11/h2-9H,10H2,1H3,(H2,21,22,23,24,27). The van der Waals surface area contributed by atoms with Crippen LogP contribution in [0.1, 0.15) is 16.1 Å². The smallest absolute Gasteiger partial charge is 0.279 e. The summed E-state index contributed by atoms with van der Waals surface area (Å²) in [5.41, 5.74) is 0.947. The molecule has 0 unspecified atom stereocenters. The quantitative estimate of drug-likeness (QED) is 0.474. The van der Waals surface area contributed by atoms with Gasteiger partial charge in [-0.2, -0.15) is 10.1 Å². The van der Waals surface area contributed by atoms with E-state index in [-0.39, 0.29) is 17.2 Å². The van der Waals surface area contributed by atoms with Crippen LogP contribution >= 0.6 is 23.4 Å². The number of anilines is 1. The Balaban J connectivity index is 1.50. The van der Waals surface area contributed by atoms with Gasteiger partial charge in [-0.15, -0.1) is 5.10 Å². The van der Waals surface area contributed by atoms with Gasteiger partial charge in [-0.25, -0.2) is 9.78 Å². The summed E-state index contributed by atoms with van der Waals surface area (Å²) < 4.78 is 1.14. The molecule has 0 aliphatic rings. The highest BCUT2D eigenvalue weighted by molar-refractivity contribution is 7.98. The second-order valence-corrected chi connectivity index (χ2v) is 7.54. The lowest BCUT2D eigenvalue weighted by molar-refractivity contribution is 0.102. The number of rotatable bonds is 5. The molecule has 4 rings (SSSR count). The molecule has 0 spiro atoms. The molecule has 2 aromatic carbocycles. The third-order valence-corrected chi connectivity index (χ3v) is 5.32. The third kappa shape index (κ3) is 4.15. The Kier molecular flexibility index (Phi) is 5.32. The van der Waals surface area contributed by atoms with Crippen molar-refractivity contribution in [2.75, 3.05) is 5.32 Å². The minimum Gasteiger partial charge on any atom is -0.289 e. The largest absolute Gasteiger partial charge is 0.289 e. The highest BCUT2D eigenvalue weighted by Gasteiger charge is 2.17. The van der Waals surface area contributed by atoms with Crippen molar-refractivity contribution in [2.45, 2.75) is 10.9 Å². The van der Waals surface area contributed by atoms with E-state index in [1.54, 1.807) is 24.3 Å². The Hall–Kier alpha value is -3.17. The first-order valence-electron chi connectivity index (χ1n) is 8.58. The van der Waals surface area contributed by atoms with Gasteiger partial charge in [0.2, 0.25) is 11.1 Å². The van der Waals surface area contributed by atoms with Gasteiger partial charge in [0.05, 0.1) is 5.39 Å². The molecule has 0 fully saturated rings. The molecule has 8 nitrogen and oxygen atoms in total. The summed E-state index contributed by atoms with van der Waals surface area (Å²) in [4.78, 5) is 29.2. The molecule has 4 aromatic rings. The summed E-state index contributed by atoms with van der Waals surface area (Å²) in [7, 11) is 1.51. The van der Waals surface area contributed by atoms with E-state index in [0.717, 1.165) is 10.2 Å². The second-order valence-electron chi connectivity index (χ2n) is 6.16. The normalized spacial score (nSPS) is 11.0. The molecule has 0 saturated heterocycles. The maximum absolute atomic E-state index is 12.7. The number of hydrogen-bond donors (Lipinski definition) is 2. The third-order valence-electron chi connectivity index (χ3n) is 4.15. The van der Waals surface area contributed by atoms with Gasteiger partial charge in [0.1, 0.15) is 0 Å². The molecule has 0 aliphatic carbocycles. The van der Waals surface area contributed by atoms with Crippen molar-refractivity contribution >= 4 is 46.0 Å². The summed E-state index contributed by atoms with van der Waals surface area (Å²) in [6.07, 6.45) is 0. The number of halogens is 1. The Morgan fingerprint density at radius 3 is 2.66 bits per heavy atom. The zero-order valence-electron chi connectivity index (χ0n) is 15.2. The Morgan fingerprint density at radius 2 is 1.90 bits per heavy atom. The molecule has 2 aromatic heterocycles. The van der Waals surface area contributed by atoms with E-state index in [9.17, 15) is 9.59 Å². The van der Waals surface area contributed by atoms with Crippen LogP contribution in [0.2, 0.25) is 5.02 Å². The number of H-pyrrole nitrogens is 1. The van der Waals surface area contributed by atoms with Crippen LogP contribution in [0.25, 0.3) is 10.8 Å². The molecule has 0 saturated carbocycles. The maximum Gasteiger partial charge on any atom is 0.279 e. The first-order chi connectivity index (χ1) is 14.0. The van der Waals surface area contributed by atoms with Crippen LogP contribution in [0.15, 0.2) is 58.5 Å². The zero-order valence-corrected chi connectivity index (χ0v) is 16.8. The number of benzene rings is 2. The van der Waals surface area contributed by atoms with Gasteiger partial charge in [-0.05, 0) is 23.8 Å². The Labute approximate surface area is 174 Å². The molecule has 1 amide bonds. The predicted octanol–water partition coefficient (Wildman–Crippen LogP) is 3.25. The monoisotopic (exact) mass is 426 g/mol. The number of aromatic nitrogens is 5. The second kappa shape index (κ2) is 8.06. The van der Waals surface area contributed by atoms with Gasteiger partial charge in [0.15, 0.2) is 5.69 Å². The number of nitrogens with one attached hydrogen (secondary N) is 2. The van der Waals surface area contributed by atoms with Crippen molar-refractivity contribution in [3.8, 4) is 0 Å². The highest BCUT2D eigenvalue weighted by Crippen LogP contribution is 2.21. The number of aryl methyl sites for hydroxylation is 1. The van der Waals surface area contributed by atoms with Crippen molar-refractivity contribution in [2.24, 2.45) is 7.05 Å². The van der Waals surface area contributed by atoms with Gasteiger partial charge in [0, 0.05) is 23.2 Å². The van der Waals surface area contributed by atoms with Crippen LogP contribution in [0.3, 0.4) is 0 Å². The number of aromatic amines is 1. The van der Waals surface area contributed by atoms with E-state index in [1.165, 1.54) is 18.8 Å². The average molecular weight is 427 g/mol. The summed E-state index contributed by atoms with van der Waals surface area (Å²) in [5, 5.41) is 15.6. The number of carbonyl (C=O) groups excluding carboxylic acids is 1. The molecule has 0 atom stereocenters. The molecule has 0 aliphatic heterocycles. The highest BCUT2D eigenvalue weighted by atomic mass is 35.5. The van der Waals surface area contributed by atoms with Crippen molar-refractivity contribution in [1.82, 2.24) is 25.0 Å². The van der Waals surface area contributed by atoms with Gasteiger partial charge in [-0.1, -0.05) is 53.7 Å². The zero-order chi connectivity index (χ0) is 20.4. The summed E-state index contributed by atoms with van der Waals surface area (Å²) in [6.45, 7) is 0. The molecule has 29 heavy (non-hydrogen) atoms. The van der Waals surface area contributed by atoms with Crippen LogP contribution in [0.4, 0.5) is 5.95 Å². The SMILES string of the molecule is Cn1nc(C(=O)Nc2nc(SCc3ccc(Cl)cc3)n[nH]2)c2ccccc2c1=O. The van der Waals surface area contributed by atoms with E-state index < -0.39 is 5.91 Å². The summed E-state index contributed by atoms with van der Waals surface area (Å²) in [5.74, 6) is 0.380. The number of hydrogen-bond acceptors (Lipinski definition) is 6. The molecule has 10 heteroatoms. The van der Waals surface area contributed by atoms with E-state index in [1.807, 2.05) is 24.3 Å². The van der Waals surface area contributed by atoms with Crippen molar-refractivity contribution in [1.29, 1.82) is 0 Å². The lowest BCUT2D eigenvalue weighted by Gasteiger charge is -2.07. The number of fused-ring (bicyclic) bond motifs is 1. The fraction of sp³-hybridized carbons (Fsp3) is 0.105. The molecule has 0 bridgehead atoms. The lowest BCUT2D eigenvalue weighted by atomic mass is 10.1. The minimum absolute atomic E-state index is 0.134. The van der Waals surface area contributed by atoms with E-state index in [0.29, 0.717) is 26.7 Å². The van der Waals surface area contributed by atoms with Crippen molar-refractivity contribution in [3.05, 3.63) is 75.2 Å². The van der Waals surface area contributed by atoms with Crippen LogP contribution < -0.4 is 10.9 Å². The predicted molar refractivity (Wildman–Crippen MR) is 112 cm³/mol. The summed E-state index contributed by atoms with van der Waals surface area (Å²) >= 11 is 7.31. The minimum atomic E-state index is -0.484. The lowest BCUT2D eigenvalue weighted by Crippen LogP contribution is -2.25. The molecule has 0 radical (unpaired) electrons. The van der Waals surface area contributed by atoms with Gasteiger partial charge < -0.3 is 0 Å². The maximum atomic E-state index is 12.7. The molecule has 2 N–H and O–H groups in total. The molecule has 146 valence electrons. The van der Waals surface area contributed by atoms with Gasteiger partial charge in [0.25, 0.3) is 11.5 Å². The van der Waals surface area contributed by atoms with E-state index >= 15 is 0 Å². The number of carbonyl (C=O) groups is 1. The number of thioether (sulfide) groups is 1. The number of amides is 1. The van der Waals surface area contributed by atoms with Gasteiger partial charge in [-0.3, -0.25) is 14.9 Å². The van der Waals surface area contributed by atoms with E-state index in [4.69, 9.17) is 11.6 Å². The first-order valence-corrected chi connectivity index (χ1v) is 9.94.